The number of hydrogen-bond donors (Lipinski definition) is 1. The number of aryl methyl sites for hydroxylation is 1. The average Bonchev–Trinajstić information content (AvgIpc) is 2.78. The maximum absolute atomic E-state index is 5.69. The number of nitrogens with two attached hydrogens (primary N) is 1. The van der Waals surface area contributed by atoms with E-state index < -0.39 is 0 Å². The van der Waals surface area contributed by atoms with Crippen LogP contribution in [0.5, 0.6) is 0 Å². The summed E-state index contributed by atoms with van der Waals surface area (Å²) in [5.41, 5.74) is 5.69. The van der Waals surface area contributed by atoms with Gasteiger partial charge in [-0.2, -0.15) is 4.37 Å². The van der Waals surface area contributed by atoms with Crippen molar-refractivity contribution in [3.05, 3.63) is 10.8 Å². The Bertz CT molecular complexity index is 267. The topological polar surface area (TPSA) is 51.8 Å². The predicted octanol–water partition coefficient (Wildman–Crippen LogP) is 1.30. The number of nitrogens with zero attached hydrogens (tertiary/aromatic N) is 2. The third-order valence-electron chi connectivity index (χ3n) is 2.31. The molecule has 0 bridgehead atoms. The standard InChI is InChI=1S/C8H13N3S/c1-5-10-8(12-11-5)7(4-9)6-2-3-6/h6-7H,2-4,9H2,1H3. The van der Waals surface area contributed by atoms with Crippen molar-refractivity contribution in [2.24, 2.45) is 11.7 Å². The Hall–Kier alpha value is -0.480. The Morgan fingerprint density at radius 2 is 2.42 bits per heavy atom. The lowest BCUT2D eigenvalue weighted by Gasteiger charge is -2.07. The summed E-state index contributed by atoms with van der Waals surface area (Å²) in [5.74, 6) is 2.16. The Morgan fingerprint density at radius 3 is 2.83 bits per heavy atom. The van der Waals surface area contributed by atoms with E-state index >= 15 is 0 Å². The van der Waals surface area contributed by atoms with E-state index in [0.717, 1.165) is 23.3 Å². The van der Waals surface area contributed by atoms with E-state index in [9.17, 15) is 0 Å². The summed E-state index contributed by atoms with van der Waals surface area (Å²) in [7, 11) is 0. The van der Waals surface area contributed by atoms with Gasteiger partial charge in [-0.1, -0.05) is 0 Å². The lowest BCUT2D eigenvalue weighted by Crippen LogP contribution is -2.14. The highest BCUT2D eigenvalue weighted by atomic mass is 32.1. The van der Waals surface area contributed by atoms with Crippen LogP contribution >= 0.6 is 11.5 Å². The van der Waals surface area contributed by atoms with Gasteiger partial charge >= 0.3 is 0 Å². The fraction of sp³-hybridized carbons (Fsp3) is 0.750. The van der Waals surface area contributed by atoms with Gasteiger partial charge in [0, 0.05) is 12.5 Å². The van der Waals surface area contributed by atoms with Crippen LogP contribution in [0.4, 0.5) is 0 Å². The molecule has 4 heteroatoms. The molecular formula is C8H13N3S. The molecule has 1 heterocycles. The van der Waals surface area contributed by atoms with Gasteiger partial charge in [-0.3, -0.25) is 0 Å². The van der Waals surface area contributed by atoms with Gasteiger partial charge in [0.2, 0.25) is 0 Å². The van der Waals surface area contributed by atoms with Crippen molar-refractivity contribution in [1.82, 2.24) is 9.36 Å². The lowest BCUT2D eigenvalue weighted by molar-refractivity contribution is 0.611. The number of aromatic nitrogens is 2. The Morgan fingerprint density at radius 1 is 1.67 bits per heavy atom. The summed E-state index contributed by atoms with van der Waals surface area (Å²) >= 11 is 1.51. The number of hydrogen-bond acceptors (Lipinski definition) is 4. The zero-order chi connectivity index (χ0) is 8.55. The summed E-state index contributed by atoms with van der Waals surface area (Å²) < 4.78 is 4.17. The van der Waals surface area contributed by atoms with Crippen molar-refractivity contribution in [3.63, 3.8) is 0 Å². The van der Waals surface area contributed by atoms with Crippen LogP contribution in [0.25, 0.3) is 0 Å². The normalized spacial score (nSPS) is 19.5. The number of rotatable bonds is 3. The van der Waals surface area contributed by atoms with E-state index in [-0.39, 0.29) is 0 Å². The monoisotopic (exact) mass is 183 g/mol. The maximum Gasteiger partial charge on any atom is 0.139 e. The van der Waals surface area contributed by atoms with Gasteiger partial charge in [-0.15, -0.1) is 0 Å². The molecule has 12 heavy (non-hydrogen) atoms. The van der Waals surface area contributed by atoms with Gasteiger partial charge in [0.05, 0.1) is 0 Å². The Labute approximate surface area is 76.2 Å². The minimum Gasteiger partial charge on any atom is -0.330 e. The molecule has 2 N–H and O–H groups in total. The van der Waals surface area contributed by atoms with Crippen LogP contribution in [0.2, 0.25) is 0 Å². The third-order valence-corrected chi connectivity index (χ3v) is 3.24. The molecular weight excluding hydrogens is 170 g/mol. The molecule has 66 valence electrons. The molecule has 1 aliphatic rings. The highest BCUT2D eigenvalue weighted by Crippen LogP contribution is 2.42. The van der Waals surface area contributed by atoms with E-state index in [1.54, 1.807) is 0 Å². The van der Waals surface area contributed by atoms with Crippen LogP contribution in [0.15, 0.2) is 0 Å². The van der Waals surface area contributed by atoms with Crippen LogP contribution in [-0.2, 0) is 0 Å². The maximum atomic E-state index is 5.69. The molecule has 0 radical (unpaired) electrons. The third kappa shape index (κ3) is 1.49. The van der Waals surface area contributed by atoms with Crippen molar-refractivity contribution < 1.29 is 0 Å². The first kappa shape index (κ1) is 8.13. The summed E-state index contributed by atoms with van der Waals surface area (Å²) in [5, 5.41) is 1.14. The average molecular weight is 183 g/mol. The highest BCUT2D eigenvalue weighted by molar-refractivity contribution is 7.05. The lowest BCUT2D eigenvalue weighted by atomic mass is 10.1. The molecule has 1 atom stereocenters. The fourth-order valence-electron chi connectivity index (χ4n) is 1.46. The van der Waals surface area contributed by atoms with Gasteiger partial charge < -0.3 is 5.73 Å². The van der Waals surface area contributed by atoms with Gasteiger partial charge in [0.15, 0.2) is 0 Å². The summed E-state index contributed by atoms with van der Waals surface area (Å²) in [6.45, 7) is 2.65. The largest absolute Gasteiger partial charge is 0.330 e. The van der Waals surface area contributed by atoms with E-state index in [0.29, 0.717) is 5.92 Å². The predicted molar refractivity (Wildman–Crippen MR) is 49.2 cm³/mol. The highest BCUT2D eigenvalue weighted by Gasteiger charge is 2.33. The van der Waals surface area contributed by atoms with E-state index in [2.05, 4.69) is 9.36 Å². The van der Waals surface area contributed by atoms with Crippen molar-refractivity contribution in [1.29, 1.82) is 0 Å². The fourth-order valence-corrected chi connectivity index (χ4v) is 2.32. The molecule has 0 aromatic carbocycles. The molecule has 1 aliphatic carbocycles. The zero-order valence-electron chi connectivity index (χ0n) is 7.16. The molecule has 0 aliphatic heterocycles. The molecule has 1 unspecified atom stereocenters. The van der Waals surface area contributed by atoms with Gasteiger partial charge in [-0.05, 0) is 37.2 Å². The summed E-state index contributed by atoms with van der Waals surface area (Å²) in [4.78, 5) is 4.37. The molecule has 2 rings (SSSR count). The quantitative estimate of drug-likeness (QED) is 0.768. The second kappa shape index (κ2) is 3.11. The van der Waals surface area contributed by atoms with Gasteiger partial charge in [0.1, 0.15) is 10.8 Å². The summed E-state index contributed by atoms with van der Waals surface area (Å²) in [6.07, 6.45) is 2.64. The first-order valence-corrected chi connectivity index (χ1v) is 5.09. The van der Waals surface area contributed by atoms with Crippen molar-refractivity contribution in [2.75, 3.05) is 6.54 Å². The molecule has 0 amide bonds. The second-order valence-electron chi connectivity index (χ2n) is 3.36. The van der Waals surface area contributed by atoms with Crippen molar-refractivity contribution in [3.8, 4) is 0 Å². The first-order valence-electron chi connectivity index (χ1n) is 4.31. The minimum absolute atomic E-state index is 0.483. The second-order valence-corrected chi connectivity index (χ2v) is 4.14. The van der Waals surface area contributed by atoms with Crippen LogP contribution in [0.1, 0.15) is 29.6 Å². The molecule has 1 fully saturated rings. The molecule has 3 nitrogen and oxygen atoms in total. The minimum atomic E-state index is 0.483. The van der Waals surface area contributed by atoms with Gasteiger partial charge in [-0.25, -0.2) is 4.98 Å². The SMILES string of the molecule is Cc1nsc(C(CN)C2CC2)n1. The van der Waals surface area contributed by atoms with E-state index in [4.69, 9.17) is 5.73 Å². The molecule has 1 aromatic rings. The zero-order valence-corrected chi connectivity index (χ0v) is 7.97. The van der Waals surface area contributed by atoms with Crippen molar-refractivity contribution in [2.45, 2.75) is 25.7 Å². The first-order chi connectivity index (χ1) is 5.81. The smallest absolute Gasteiger partial charge is 0.139 e. The molecule has 1 saturated carbocycles. The van der Waals surface area contributed by atoms with E-state index in [1.807, 2.05) is 6.92 Å². The van der Waals surface area contributed by atoms with Crippen LogP contribution in [-0.4, -0.2) is 15.9 Å². The van der Waals surface area contributed by atoms with Crippen LogP contribution in [0, 0.1) is 12.8 Å². The summed E-state index contributed by atoms with van der Waals surface area (Å²) in [6, 6.07) is 0. The van der Waals surface area contributed by atoms with Crippen LogP contribution < -0.4 is 5.73 Å². The molecule has 1 aromatic heterocycles. The van der Waals surface area contributed by atoms with Crippen molar-refractivity contribution >= 4 is 11.5 Å². The Kier molecular flexibility index (Phi) is 2.11. The Balaban J connectivity index is 2.15. The van der Waals surface area contributed by atoms with Gasteiger partial charge in [0.25, 0.3) is 0 Å². The van der Waals surface area contributed by atoms with E-state index in [1.165, 1.54) is 24.4 Å². The molecule has 0 saturated heterocycles. The molecule has 0 spiro atoms. The van der Waals surface area contributed by atoms with Crippen LogP contribution in [0.3, 0.4) is 0 Å².